The Balaban J connectivity index is 1.96. The number of ether oxygens (including phenoxy) is 2. The Kier molecular flexibility index (Phi) is 5.71. The maximum absolute atomic E-state index is 12.6. The third kappa shape index (κ3) is 4.88. The van der Waals surface area contributed by atoms with Gasteiger partial charge in [-0.15, -0.1) is 0 Å². The van der Waals surface area contributed by atoms with Gasteiger partial charge in [0.15, 0.2) is 6.61 Å². The molecule has 0 aliphatic carbocycles. The number of nitrogens with two attached hydrogens (primary N) is 1. The van der Waals surface area contributed by atoms with Crippen molar-refractivity contribution < 1.29 is 32.2 Å². The largest absolute Gasteiger partial charge is 0.497 e. The Morgan fingerprint density at radius 2 is 1.88 bits per heavy atom. The van der Waals surface area contributed by atoms with Crippen molar-refractivity contribution in [3.05, 3.63) is 53.6 Å². The van der Waals surface area contributed by atoms with E-state index in [0.29, 0.717) is 23.6 Å². The van der Waals surface area contributed by atoms with Crippen molar-refractivity contribution in [2.45, 2.75) is 6.18 Å². The van der Waals surface area contributed by atoms with Gasteiger partial charge in [0, 0.05) is 17.4 Å². The third-order valence-electron chi connectivity index (χ3n) is 3.29. The monoisotopic (exact) mass is 368 g/mol. The van der Waals surface area contributed by atoms with Gasteiger partial charge in [0.25, 0.3) is 5.91 Å². The number of nitrogen functional groups attached to an aromatic ring is 1. The van der Waals surface area contributed by atoms with Gasteiger partial charge in [-0.2, -0.15) is 13.2 Å². The van der Waals surface area contributed by atoms with Crippen molar-refractivity contribution in [1.29, 1.82) is 0 Å². The Morgan fingerprint density at radius 3 is 2.50 bits per heavy atom. The summed E-state index contributed by atoms with van der Waals surface area (Å²) in [7, 11) is 1.47. The number of halogens is 3. The zero-order valence-electron chi connectivity index (χ0n) is 13.6. The molecule has 2 aromatic rings. The molecule has 0 saturated heterocycles. The van der Waals surface area contributed by atoms with E-state index in [1.807, 2.05) is 0 Å². The molecule has 0 aliphatic rings. The summed E-state index contributed by atoms with van der Waals surface area (Å²) in [4.78, 5) is 23.7. The molecule has 9 heteroatoms. The van der Waals surface area contributed by atoms with Crippen LogP contribution < -0.4 is 15.8 Å². The van der Waals surface area contributed by atoms with Crippen molar-refractivity contribution in [3.8, 4) is 5.75 Å². The molecule has 0 fully saturated rings. The lowest BCUT2D eigenvalue weighted by Gasteiger charge is -2.11. The predicted molar refractivity (Wildman–Crippen MR) is 87.8 cm³/mol. The van der Waals surface area contributed by atoms with Gasteiger partial charge in [0.1, 0.15) is 5.75 Å². The minimum atomic E-state index is -4.58. The van der Waals surface area contributed by atoms with E-state index in [1.165, 1.54) is 7.11 Å². The zero-order chi connectivity index (χ0) is 19.3. The average molecular weight is 368 g/mol. The zero-order valence-corrected chi connectivity index (χ0v) is 13.6. The number of carbonyl (C=O) groups is 2. The van der Waals surface area contributed by atoms with Gasteiger partial charge in [-0.05, 0) is 30.3 Å². The Hall–Kier alpha value is -3.23. The molecule has 0 saturated carbocycles. The van der Waals surface area contributed by atoms with E-state index in [-0.39, 0.29) is 5.56 Å². The second kappa shape index (κ2) is 7.77. The van der Waals surface area contributed by atoms with E-state index >= 15 is 0 Å². The van der Waals surface area contributed by atoms with Gasteiger partial charge in [-0.3, -0.25) is 4.79 Å². The third-order valence-corrected chi connectivity index (χ3v) is 3.29. The molecule has 3 N–H and O–H groups in total. The lowest BCUT2D eigenvalue weighted by atomic mass is 10.1. The van der Waals surface area contributed by atoms with Gasteiger partial charge >= 0.3 is 12.1 Å². The molecule has 0 heterocycles. The molecule has 0 bridgehead atoms. The van der Waals surface area contributed by atoms with Crippen LogP contribution in [0.5, 0.6) is 5.75 Å². The molecule has 2 aromatic carbocycles. The fourth-order valence-corrected chi connectivity index (χ4v) is 2.03. The standard InChI is InChI=1S/C17H15F3N2O4/c1-25-12-4-2-3-11(8-12)22-15(23)9-26-16(24)13-6-5-10(7-14(13)21)17(18,19)20/h2-8H,9,21H2,1H3,(H,22,23). The Labute approximate surface area is 146 Å². The first-order valence-electron chi connectivity index (χ1n) is 7.28. The van der Waals surface area contributed by atoms with Crippen LogP contribution in [0, 0.1) is 0 Å². The highest BCUT2D eigenvalue weighted by atomic mass is 19.4. The van der Waals surface area contributed by atoms with Gasteiger partial charge in [-0.1, -0.05) is 6.07 Å². The number of benzene rings is 2. The number of methoxy groups -OCH3 is 1. The molecule has 2 rings (SSSR count). The van der Waals surface area contributed by atoms with Gasteiger partial charge in [-0.25, -0.2) is 4.79 Å². The first-order valence-corrected chi connectivity index (χ1v) is 7.28. The minimum Gasteiger partial charge on any atom is -0.497 e. The number of hydrogen-bond acceptors (Lipinski definition) is 5. The summed E-state index contributed by atoms with van der Waals surface area (Å²) >= 11 is 0. The van der Waals surface area contributed by atoms with E-state index in [9.17, 15) is 22.8 Å². The number of hydrogen-bond donors (Lipinski definition) is 2. The van der Waals surface area contributed by atoms with Crippen LogP contribution in [-0.4, -0.2) is 25.6 Å². The van der Waals surface area contributed by atoms with Crippen LogP contribution >= 0.6 is 0 Å². The lowest BCUT2D eigenvalue weighted by molar-refractivity contribution is -0.137. The van der Waals surface area contributed by atoms with E-state index in [4.69, 9.17) is 15.2 Å². The minimum absolute atomic E-state index is 0.257. The molecule has 0 aliphatic heterocycles. The number of amides is 1. The second-order valence-electron chi connectivity index (χ2n) is 5.16. The Bertz CT molecular complexity index is 822. The van der Waals surface area contributed by atoms with Gasteiger partial charge in [0.2, 0.25) is 0 Å². The van der Waals surface area contributed by atoms with Crippen molar-refractivity contribution in [2.24, 2.45) is 0 Å². The summed E-state index contributed by atoms with van der Waals surface area (Å²) in [5, 5.41) is 2.49. The summed E-state index contributed by atoms with van der Waals surface area (Å²) in [6, 6.07) is 8.76. The molecule has 6 nitrogen and oxygen atoms in total. The highest BCUT2D eigenvalue weighted by Crippen LogP contribution is 2.31. The number of alkyl halides is 3. The molecule has 1 amide bonds. The summed E-state index contributed by atoms with van der Waals surface area (Å²) in [5.41, 5.74) is 4.26. The van der Waals surface area contributed by atoms with E-state index < -0.39 is 35.9 Å². The van der Waals surface area contributed by atoms with E-state index in [2.05, 4.69) is 5.32 Å². The number of nitrogens with one attached hydrogen (secondary N) is 1. The van der Waals surface area contributed by atoms with Crippen molar-refractivity contribution in [2.75, 3.05) is 24.8 Å². The summed E-state index contributed by atoms with van der Waals surface area (Å²) in [6.07, 6.45) is -4.58. The van der Waals surface area contributed by atoms with Crippen LogP contribution in [0.15, 0.2) is 42.5 Å². The molecule has 0 atom stereocenters. The molecule has 26 heavy (non-hydrogen) atoms. The van der Waals surface area contributed by atoms with Crippen LogP contribution in [0.25, 0.3) is 0 Å². The smallest absolute Gasteiger partial charge is 0.416 e. The molecule has 0 radical (unpaired) electrons. The Morgan fingerprint density at radius 1 is 1.15 bits per heavy atom. The highest BCUT2D eigenvalue weighted by Gasteiger charge is 2.31. The summed E-state index contributed by atoms with van der Waals surface area (Å²) in [6.45, 7) is -0.628. The highest BCUT2D eigenvalue weighted by molar-refractivity contribution is 5.98. The first-order chi connectivity index (χ1) is 12.2. The first kappa shape index (κ1) is 19.1. The van der Waals surface area contributed by atoms with Gasteiger partial charge in [0.05, 0.1) is 18.2 Å². The molecular weight excluding hydrogens is 353 g/mol. The SMILES string of the molecule is COc1cccc(NC(=O)COC(=O)c2ccc(C(F)(F)F)cc2N)c1. The van der Waals surface area contributed by atoms with Crippen LogP contribution in [0.1, 0.15) is 15.9 Å². The number of rotatable bonds is 5. The van der Waals surface area contributed by atoms with E-state index in [1.54, 1.807) is 24.3 Å². The second-order valence-corrected chi connectivity index (χ2v) is 5.16. The molecular formula is C17H15F3N2O4. The summed E-state index contributed by atoms with van der Waals surface area (Å²) in [5.74, 6) is -1.11. The lowest BCUT2D eigenvalue weighted by Crippen LogP contribution is -2.21. The number of carbonyl (C=O) groups excluding carboxylic acids is 2. The molecule has 0 unspecified atom stereocenters. The normalized spacial score (nSPS) is 10.9. The van der Waals surface area contributed by atoms with Crippen LogP contribution in [0.4, 0.5) is 24.5 Å². The number of esters is 1. The maximum Gasteiger partial charge on any atom is 0.416 e. The predicted octanol–water partition coefficient (Wildman–Crippen LogP) is 3.09. The fourth-order valence-electron chi connectivity index (χ4n) is 2.03. The fraction of sp³-hybridized carbons (Fsp3) is 0.176. The quantitative estimate of drug-likeness (QED) is 0.625. The van der Waals surface area contributed by atoms with Gasteiger partial charge < -0.3 is 20.5 Å². The topological polar surface area (TPSA) is 90.6 Å². The average Bonchev–Trinajstić information content (AvgIpc) is 2.59. The van der Waals surface area contributed by atoms with Crippen molar-refractivity contribution in [1.82, 2.24) is 0 Å². The van der Waals surface area contributed by atoms with Crippen molar-refractivity contribution in [3.63, 3.8) is 0 Å². The molecule has 0 aromatic heterocycles. The van der Waals surface area contributed by atoms with Crippen LogP contribution in [0.3, 0.4) is 0 Å². The maximum atomic E-state index is 12.6. The summed E-state index contributed by atoms with van der Waals surface area (Å²) < 4.78 is 47.5. The molecule has 0 spiro atoms. The number of anilines is 2. The van der Waals surface area contributed by atoms with Crippen LogP contribution in [-0.2, 0) is 15.7 Å². The molecule has 138 valence electrons. The van der Waals surface area contributed by atoms with Crippen molar-refractivity contribution >= 4 is 23.3 Å². The van der Waals surface area contributed by atoms with E-state index in [0.717, 1.165) is 6.07 Å². The van der Waals surface area contributed by atoms with Crippen LogP contribution in [0.2, 0.25) is 0 Å².